The van der Waals surface area contributed by atoms with Crippen LogP contribution in [0.15, 0.2) is 48.5 Å². The van der Waals surface area contributed by atoms with Crippen LogP contribution in [-0.2, 0) is 16.4 Å². The highest BCUT2D eigenvalue weighted by molar-refractivity contribution is 5.83. The molecule has 1 unspecified atom stereocenters. The predicted octanol–water partition coefficient (Wildman–Crippen LogP) is 3.86. The second-order valence-corrected chi connectivity index (χ2v) is 6.97. The molecule has 0 saturated heterocycles. The van der Waals surface area contributed by atoms with Gasteiger partial charge >= 0.3 is 6.18 Å². The lowest BCUT2D eigenvalue weighted by atomic mass is 9.94. The smallest absolute Gasteiger partial charge is 0.354 e. The van der Waals surface area contributed by atoms with Gasteiger partial charge in [0.25, 0.3) is 0 Å². The lowest BCUT2D eigenvalue weighted by molar-refractivity contribution is -0.137. The molecule has 138 valence electrons. The van der Waals surface area contributed by atoms with Crippen molar-refractivity contribution < 1.29 is 18.0 Å². The standard InChI is InChI=1S/C20H21F3N2O/c1-13-5-7-14(8-6-13)17(24)18(26)25-12-19(9-10-19)15-3-2-4-16(11-15)20(21,22)23/h2-8,11,17H,9-10,12,24H2,1H3,(H,25,26). The van der Waals surface area contributed by atoms with Gasteiger partial charge in [-0.2, -0.15) is 13.2 Å². The molecule has 1 aliphatic carbocycles. The number of alkyl halides is 3. The van der Waals surface area contributed by atoms with Crippen molar-refractivity contribution >= 4 is 5.91 Å². The van der Waals surface area contributed by atoms with Crippen LogP contribution < -0.4 is 11.1 Å². The van der Waals surface area contributed by atoms with E-state index in [1.165, 1.54) is 12.1 Å². The van der Waals surface area contributed by atoms with E-state index >= 15 is 0 Å². The zero-order chi connectivity index (χ0) is 18.9. The highest BCUT2D eigenvalue weighted by Crippen LogP contribution is 2.48. The van der Waals surface area contributed by atoms with Gasteiger partial charge < -0.3 is 11.1 Å². The van der Waals surface area contributed by atoms with E-state index in [1.807, 2.05) is 19.1 Å². The second kappa shape index (κ2) is 6.76. The Hall–Kier alpha value is -2.34. The minimum Gasteiger partial charge on any atom is -0.354 e. The molecule has 0 bridgehead atoms. The number of benzene rings is 2. The minimum absolute atomic E-state index is 0.284. The first-order valence-electron chi connectivity index (χ1n) is 8.49. The topological polar surface area (TPSA) is 55.1 Å². The molecule has 1 saturated carbocycles. The van der Waals surface area contributed by atoms with Crippen molar-refractivity contribution in [2.75, 3.05) is 6.54 Å². The van der Waals surface area contributed by atoms with Crippen LogP contribution in [0.3, 0.4) is 0 Å². The molecule has 1 amide bonds. The fraction of sp³-hybridized carbons (Fsp3) is 0.350. The maximum atomic E-state index is 12.9. The highest BCUT2D eigenvalue weighted by atomic mass is 19.4. The molecular weight excluding hydrogens is 341 g/mol. The fourth-order valence-corrected chi connectivity index (χ4v) is 3.04. The Morgan fingerprint density at radius 3 is 2.42 bits per heavy atom. The molecule has 6 heteroatoms. The van der Waals surface area contributed by atoms with Gasteiger partial charge in [-0.05, 0) is 37.0 Å². The molecule has 0 aliphatic heterocycles. The van der Waals surface area contributed by atoms with Crippen molar-refractivity contribution in [3.8, 4) is 0 Å². The van der Waals surface area contributed by atoms with Crippen molar-refractivity contribution in [2.24, 2.45) is 5.73 Å². The summed E-state index contributed by atoms with van der Waals surface area (Å²) in [5.74, 6) is -0.327. The third kappa shape index (κ3) is 3.90. The third-order valence-corrected chi connectivity index (χ3v) is 4.98. The van der Waals surface area contributed by atoms with Crippen LogP contribution in [0.2, 0.25) is 0 Å². The summed E-state index contributed by atoms with van der Waals surface area (Å²) >= 11 is 0. The largest absolute Gasteiger partial charge is 0.416 e. The summed E-state index contributed by atoms with van der Waals surface area (Å²) in [6.45, 7) is 2.23. The first-order valence-corrected chi connectivity index (χ1v) is 8.49. The summed E-state index contributed by atoms with van der Waals surface area (Å²) in [5, 5.41) is 2.81. The maximum absolute atomic E-state index is 12.9. The molecule has 0 heterocycles. The fourth-order valence-electron chi connectivity index (χ4n) is 3.04. The van der Waals surface area contributed by atoms with Gasteiger partial charge in [-0.3, -0.25) is 4.79 Å². The van der Waals surface area contributed by atoms with Crippen LogP contribution in [0.5, 0.6) is 0 Å². The SMILES string of the molecule is Cc1ccc(C(N)C(=O)NCC2(c3cccc(C(F)(F)F)c3)CC2)cc1. The van der Waals surface area contributed by atoms with E-state index < -0.39 is 23.2 Å². The van der Waals surface area contributed by atoms with E-state index in [0.717, 1.165) is 24.5 Å². The lowest BCUT2D eigenvalue weighted by Crippen LogP contribution is -2.38. The quantitative estimate of drug-likeness (QED) is 0.849. The van der Waals surface area contributed by atoms with Gasteiger partial charge in [0.1, 0.15) is 6.04 Å². The van der Waals surface area contributed by atoms with Gasteiger partial charge in [-0.25, -0.2) is 0 Å². The first kappa shape index (κ1) is 18.5. The predicted molar refractivity (Wildman–Crippen MR) is 93.5 cm³/mol. The van der Waals surface area contributed by atoms with Gasteiger partial charge in [0.2, 0.25) is 5.91 Å². The number of carbonyl (C=O) groups is 1. The zero-order valence-corrected chi connectivity index (χ0v) is 14.4. The average molecular weight is 362 g/mol. The number of hydrogen-bond acceptors (Lipinski definition) is 2. The molecule has 3 nitrogen and oxygen atoms in total. The minimum atomic E-state index is -4.37. The Labute approximate surface area is 150 Å². The van der Waals surface area contributed by atoms with Crippen molar-refractivity contribution in [1.29, 1.82) is 0 Å². The summed E-state index contributed by atoms with van der Waals surface area (Å²) in [4.78, 5) is 12.3. The molecule has 3 rings (SSSR count). The number of nitrogens with two attached hydrogens (primary N) is 1. The Morgan fingerprint density at radius 2 is 1.85 bits per heavy atom. The number of carbonyl (C=O) groups excluding carboxylic acids is 1. The van der Waals surface area contributed by atoms with Crippen LogP contribution in [0.25, 0.3) is 0 Å². The number of amides is 1. The molecule has 1 fully saturated rings. The first-order chi connectivity index (χ1) is 12.2. The summed E-state index contributed by atoms with van der Waals surface area (Å²) < 4.78 is 38.8. The average Bonchev–Trinajstić information content (AvgIpc) is 3.40. The Morgan fingerprint density at radius 1 is 1.19 bits per heavy atom. The van der Waals surface area contributed by atoms with E-state index in [0.29, 0.717) is 11.1 Å². The third-order valence-electron chi connectivity index (χ3n) is 4.98. The van der Waals surface area contributed by atoms with Crippen LogP contribution in [0.4, 0.5) is 13.2 Å². The molecule has 2 aromatic rings. The maximum Gasteiger partial charge on any atom is 0.416 e. The molecule has 26 heavy (non-hydrogen) atoms. The molecule has 2 aromatic carbocycles. The monoisotopic (exact) mass is 362 g/mol. The van der Waals surface area contributed by atoms with Crippen molar-refractivity contribution in [3.05, 3.63) is 70.8 Å². The van der Waals surface area contributed by atoms with Gasteiger partial charge in [-0.1, -0.05) is 48.0 Å². The highest BCUT2D eigenvalue weighted by Gasteiger charge is 2.45. The van der Waals surface area contributed by atoms with E-state index in [4.69, 9.17) is 5.73 Å². The van der Waals surface area contributed by atoms with Gasteiger partial charge in [0.15, 0.2) is 0 Å². The van der Waals surface area contributed by atoms with Crippen molar-refractivity contribution in [2.45, 2.75) is 37.4 Å². The lowest BCUT2D eigenvalue weighted by Gasteiger charge is -2.20. The van der Waals surface area contributed by atoms with E-state index in [-0.39, 0.29) is 12.5 Å². The second-order valence-electron chi connectivity index (χ2n) is 6.97. The Kier molecular flexibility index (Phi) is 4.80. The molecular formula is C20H21F3N2O. The number of aryl methyl sites for hydroxylation is 1. The molecule has 0 radical (unpaired) electrons. The number of hydrogen-bond donors (Lipinski definition) is 2. The molecule has 1 atom stereocenters. The summed E-state index contributed by atoms with van der Waals surface area (Å²) in [6, 6.07) is 11.9. The summed E-state index contributed by atoms with van der Waals surface area (Å²) in [6.07, 6.45) is -2.88. The summed E-state index contributed by atoms with van der Waals surface area (Å²) in [7, 11) is 0. The van der Waals surface area contributed by atoms with Crippen LogP contribution in [0.1, 0.15) is 41.1 Å². The van der Waals surface area contributed by atoms with Crippen LogP contribution >= 0.6 is 0 Å². The van der Waals surface area contributed by atoms with Gasteiger partial charge in [-0.15, -0.1) is 0 Å². The molecule has 0 spiro atoms. The van der Waals surface area contributed by atoms with Crippen LogP contribution in [0, 0.1) is 6.92 Å². The van der Waals surface area contributed by atoms with E-state index in [1.54, 1.807) is 18.2 Å². The van der Waals surface area contributed by atoms with Crippen molar-refractivity contribution in [1.82, 2.24) is 5.32 Å². The zero-order valence-electron chi connectivity index (χ0n) is 14.4. The van der Waals surface area contributed by atoms with Gasteiger partial charge in [0, 0.05) is 12.0 Å². The molecule has 0 aromatic heterocycles. The van der Waals surface area contributed by atoms with Gasteiger partial charge in [0.05, 0.1) is 5.56 Å². The number of rotatable bonds is 5. The van der Waals surface area contributed by atoms with Crippen LogP contribution in [-0.4, -0.2) is 12.5 Å². The Bertz CT molecular complexity index is 795. The molecule has 1 aliphatic rings. The normalized spacial score (nSPS) is 16.8. The number of nitrogens with one attached hydrogen (secondary N) is 1. The number of halogens is 3. The van der Waals surface area contributed by atoms with Crippen molar-refractivity contribution in [3.63, 3.8) is 0 Å². The Balaban J connectivity index is 1.67. The molecule has 3 N–H and O–H groups in total. The summed E-state index contributed by atoms with van der Waals surface area (Å²) in [5.41, 5.74) is 7.29. The van der Waals surface area contributed by atoms with E-state index in [2.05, 4.69) is 5.32 Å². The van der Waals surface area contributed by atoms with E-state index in [9.17, 15) is 18.0 Å².